The van der Waals surface area contributed by atoms with Gasteiger partial charge in [0, 0.05) is 6.04 Å². The van der Waals surface area contributed by atoms with E-state index in [1.54, 1.807) is 0 Å². The molecule has 1 aliphatic carbocycles. The number of hydrogen-bond donors (Lipinski definition) is 2. The molecule has 2 heteroatoms. The molecule has 0 aromatic carbocycles. The molecule has 0 saturated heterocycles. The highest BCUT2D eigenvalue weighted by molar-refractivity contribution is 4.84. The summed E-state index contributed by atoms with van der Waals surface area (Å²) in [5.74, 6) is 1.09. The minimum Gasteiger partial charge on any atom is -0.391 e. The molecule has 0 radical (unpaired) electrons. The van der Waals surface area contributed by atoms with E-state index in [2.05, 4.69) is 13.8 Å². The summed E-state index contributed by atoms with van der Waals surface area (Å²) in [5, 5.41) is 9.76. The first-order valence-corrected chi connectivity index (χ1v) is 5.05. The van der Waals surface area contributed by atoms with Crippen LogP contribution in [0, 0.1) is 11.8 Å². The van der Waals surface area contributed by atoms with Crippen molar-refractivity contribution in [1.29, 1.82) is 0 Å². The molecule has 0 aromatic rings. The van der Waals surface area contributed by atoms with E-state index < -0.39 is 0 Å². The van der Waals surface area contributed by atoms with Crippen molar-refractivity contribution in [3.05, 3.63) is 0 Å². The Bertz CT molecular complexity index is 132. The molecule has 0 spiro atoms. The molecule has 2 unspecified atom stereocenters. The van der Waals surface area contributed by atoms with E-state index in [-0.39, 0.29) is 12.1 Å². The first-order chi connectivity index (χ1) is 5.61. The quantitative estimate of drug-likeness (QED) is 0.673. The van der Waals surface area contributed by atoms with E-state index in [1.165, 1.54) is 19.3 Å². The first-order valence-electron chi connectivity index (χ1n) is 5.05. The number of hydrogen-bond acceptors (Lipinski definition) is 2. The molecular weight excluding hydrogens is 150 g/mol. The Balaban J connectivity index is 2.24. The Kier molecular flexibility index (Phi) is 3.53. The van der Waals surface area contributed by atoms with Gasteiger partial charge in [0.15, 0.2) is 0 Å². The van der Waals surface area contributed by atoms with Crippen LogP contribution in [0.5, 0.6) is 0 Å². The lowest BCUT2D eigenvalue weighted by Crippen LogP contribution is -2.43. The average Bonchev–Trinajstić information content (AvgIpc) is 1.81. The maximum absolute atomic E-state index is 9.76. The van der Waals surface area contributed by atoms with Crippen LogP contribution in [0.25, 0.3) is 0 Å². The van der Waals surface area contributed by atoms with Gasteiger partial charge in [0.25, 0.3) is 0 Å². The van der Waals surface area contributed by atoms with Crippen LogP contribution in [0.2, 0.25) is 0 Å². The lowest BCUT2D eigenvalue weighted by Gasteiger charge is -2.34. The monoisotopic (exact) mass is 171 g/mol. The predicted octanol–water partition coefficient (Wildman–Crippen LogP) is 1.52. The zero-order chi connectivity index (χ0) is 9.14. The number of rotatable bonds is 4. The minimum absolute atomic E-state index is 0.00435. The van der Waals surface area contributed by atoms with Gasteiger partial charge in [-0.3, -0.25) is 0 Å². The minimum atomic E-state index is -0.249. The zero-order valence-corrected chi connectivity index (χ0v) is 8.16. The predicted molar refractivity (Wildman–Crippen MR) is 50.8 cm³/mol. The van der Waals surface area contributed by atoms with Gasteiger partial charge < -0.3 is 10.8 Å². The van der Waals surface area contributed by atoms with Crippen molar-refractivity contribution in [2.45, 2.75) is 51.7 Å². The van der Waals surface area contributed by atoms with E-state index in [0.29, 0.717) is 11.8 Å². The third-order valence-electron chi connectivity index (χ3n) is 2.82. The highest BCUT2D eigenvalue weighted by Crippen LogP contribution is 2.31. The second kappa shape index (κ2) is 4.24. The van der Waals surface area contributed by atoms with Gasteiger partial charge in [-0.15, -0.1) is 0 Å². The Morgan fingerprint density at radius 3 is 2.33 bits per heavy atom. The third kappa shape index (κ3) is 2.46. The van der Waals surface area contributed by atoms with Crippen LogP contribution in [0.3, 0.4) is 0 Å². The van der Waals surface area contributed by atoms with E-state index in [9.17, 15) is 5.11 Å². The van der Waals surface area contributed by atoms with Crippen LogP contribution in [0.4, 0.5) is 0 Å². The lowest BCUT2D eigenvalue weighted by atomic mass is 9.77. The molecule has 0 amide bonds. The van der Waals surface area contributed by atoms with Crippen molar-refractivity contribution in [3.63, 3.8) is 0 Å². The van der Waals surface area contributed by atoms with Gasteiger partial charge in [0.05, 0.1) is 6.10 Å². The highest BCUT2D eigenvalue weighted by atomic mass is 16.3. The summed E-state index contributed by atoms with van der Waals surface area (Å²) < 4.78 is 0. The van der Waals surface area contributed by atoms with Crippen molar-refractivity contribution in [3.8, 4) is 0 Å². The van der Waals surface area contributed by atoms with E-state index >= 15 is 0 Å². The van der Waals surface area contributed by atoms with Gasteiger partial charge in [-0.25, -0.2) is 0 Å². The molecule has 1 fully saturated rings. The Morgan fingerprint density at radius 2 is 2.00 bits per heavy atom. The maximum atomic E-state index is 9.76. The third-order valence-corrected chi connectivity index (χ3v) is 2.82. The highest BCUT2D eigenvalue weighted by Gasteiger charge is 2.29. The molecule has 1 saturated carbocycles. The molecule has 2 atom stereocenters. The second-order valence-electron chi connectivity index (χ2n) is 4.47. The zero-order valence-electron chi connectivity index (χ0n) is 8.16. The molecule has 0 aromatic heterocycles. The van der Waals surface area contributed by atoms with Crippen LogP contribution < -0.4 is 5.73 Å². The fourth-order valence-corrected chi connectivity index (χ4v) is 1.81. The van der Waals surface area contributed by atoms with E-state index in [0.717, 1.165) is 6.42 Å². The number of aliphatic hydroxyl groups is 1. The van der Waals surface area contributed by atoms with Gasteiger partial charge >= 0.3 is 0 Å². The smallest absolute Gasteiger partial charge is 0.0719 e. The van der Waals surface area contributed by atoms with Crippen LogP contribution >= 0.6 is 0 Å². The summed E-state index contributed by atoms with van der Waals surface area (Å²) in [6, 6.07) is -0.00435. The normalized spacial score (nSPS) is 23.8. The standard InChI is InChI=1S/C10H21NO/c1-7(2)6-9(11)10(12)8-4-3-5-8/h7-10,12H,3-6,11H2,1-2H3. The number of aliphatic hydroxyl groups excluding tert-OH is 1. The summed E-state index contributed by atoms with van der Waals surface area (Å²) in [4.78, 5) is 0. The van der Waals surface area contributed by atoms with E-state index in [4.69, 9.17) is 5.73 Å². The van der Waals surface area contributed by atoms with Crippen molar-refractivity contribution in [1.82, 2.24) is 0 Å². The molecule has 2 nitrogen and oxygen atoms in total. The van der Waals surface area contributed by atoms with E-state index in [1.807, 2.05) is 0 Å². The summed E-state index contributed by atoms with van der Waals surface area (Å²) in [7, 11) is 0. The van der Waals surface area contributed by atoms with Crippen molar-refractivity contribution >= 4 is 0 Å². The molecule has 3 N–H and O–H groups in total. The molecular formula is C10H21NO. The Morgan fingerprint density at radius 1 is 1.42 bits per heavy atom. The fourth-order valence-electron chi connectivity index (χ4n) is 1.81. The topological polar surface area (TPSA) is 46.2 Å². The largest absolute Gasteiger partial charge is 0.391 e. The fraction of sp³-hybridized carbons (Fsp3) is 1.00. The van der Waals surface area contributed by atoms with Crippen LogP contribution in [0.1, 0.15) is 39.5 Å². The Labute approximate surface area is 75.2 Å². The van der Waals surface area contributed by atoms with Crippen molar-refractivity contribution < 1.29 is 5.11 Å². The molecule has 12 heavy (non-hydrogen) atoms. The SMILES string of the molecule is CC(C)CC(N)C(O)C1CCC1. The Hall–Kier alpha value is -0.0800. The van der Waals surface area contributed by atoms with Gasteiger partial charge in [0.1, 0.15) is 0 Å². The summed E-state index contributed by atoms with van der Waals surface area (Å²) in [6.07, 6.45) is 4.31. The van der Waals surface area contributed by atoms with Crippen LogP contribution in [-0.2, 0) is 0 Å². The van der Waals surface area contributed by atoms with Gasteiger partial charge in [0.2, 0.25) is 0 Å². The van der Waals surface area contributed by atoms with Crippen LogP contribution in [0.15, 0.2) is 0 Å². The molecule has 72 valence electrons. The van der Waals surface area contributed by atoms with Crippen molar-refractivity contribution in [2.75, 3.05) is 0 Å². The maximum Gasteiger partial charge on any atom is 0.0719 e. The molecule has 0 aliphatic heterocycles. The first kappa shape index (κ1) is 10.0. The van der Waals surface area contributed by atoms with Crippen molar-refractivity contribution in [2.24, 2.45) is 17.6 Å². The second-order valence-corrected chi connectivity index (χ2v) is 4.47. The summed E-state index contributed by atoms with van der Waals surface area (Å²) in [6.45, 7) is 4.29. The van der Waals surface area contributed by atoms with Gasteiger partial charge in [-0.2, -0.15) is 0 Å². The van der Waals surface area contributed by atoms with Crippen LogP contribution in [-0.4, -0.2) is 17.3 Å². The summed E-state index contributed by atoms with van der Waals surface area (Å²) >= 11 is 0. The molecule has 0 heterocycles. The average molecular weight is 171 g/mol. The lowest BCUT2D eigenvalue weighted by molar-refractivity contribution is 0.0364. The number of nitrogens with two attached hydrogens (primary N) is 1. The summed E-state index contributed by atoms with van der Waals surface area (Å²) in [5.41, 5.74) is 5.88. The van der Waals surface area contributed by atoms with Gasteiger partial charge in [-0.05, 0) is 31.1 Å². The molecule has 1 rings (SSSR count). The molecule has 0 bridgehead atoms. The molecule has 1 aliphatic rings. The van der Waals surface area contributed by atoms with Gasteiger partial charge in [-0.1, -0.05) is 20.3 Å².